The van der Waals surface area contributed by atoms with E-state index < -0.39 is 0 Å². The number of hydrogen-bond donors (Lipinski definition) is 1. The fourth-order valence-corrected chi connectivity index (χ4v) is 4.26. The van der Waals surface area contributed by atoms with Crippen LogP contribution in [0.15, 0.2) is 77.3 Å². The van der Waals surface area contributed by atoms with Gasteiger partial charge in [-0.05, 0) is 52.2 Å². The Morgan fingerprint density at radius 3 is 2.33 bits per heavy atom. The maximum absolute atomic E-state index is 9.87. The lowest BCUT2D eigenvalue weighted by molar-refractivity contribution is 0.304. The van der Waals surface area contributed by atoms with Crippen LogP contribution in [0.25, 0.3) is 22.3 Å². The molecule has 0 bridgehead atoms. The molecule has 6 heteroatoms. The zero-order valence-corrected chi connectivity index (χ0v) is 19.4. The average Bonchev–Trinajstić information content (AvgIpc) is 2.83. The highest BCUT2D eigenvalue weighted by atomic mass is 79.9. The van der Waals surface area contributed by atoms with E-state index in [2.05, 4.69) is 33.1 Å². The fraction of sp³-hybridized carbons (Fsp3) is 0.0741. The van der Waals surface area contributed by atoms with Gasteiger partial charge in [0.05, 0.1) is 16.1 Å². The molecule has 0 fully saturated rings. The number of benzene rings is 3. The van der Waals surface area contributed by atoms with E-state index in [1.165, 1.54) is 0 Å². The number of nitrogen functional groups attached to an aromatic ring is 1. The number of nitriles is 2. The number of nitrogens with zero attached hydrogens (tertiary/aromatic N) is 3. The van der Waals surface area contributed by atoms with Crippen LogP contribution in [0.5, 0.6) is 5.75 Å². The molecule has 4 aromatic rings. The molecule has 0 radical (unpaired) electrons. The first-order valence-electron chi connectivity index (χ1n) is 10.2. The minimum Gasteiger partial charge on any atom is -0.488 e. The molecule has 0 aliphatic heterocycles. The van der Waals surface area contributed by atoms with Crippen LogP contribution in [0.2, 0.25) is 0 Å². The Labute approximate surface area is 200 Å². The van der Waals surface area contributed by atoms with Crippen LogP contribution in [0.1, 0.15) is 22.4 Å². The average molecular weight is 495 g/mol. The van der Waals surface area contributed by atoms with Gasteiger partial charge in [-0.3, -0.25) is 0 Å². The van der Waals surface area contributed by atoms with E-state index in [0.717, 1.165) is 38.0 Å². The van der Waals surface area contributed by atoms with Crippen molar-refractivity contribution in [3.63, 3.8) is 0 Å². The van der Waals surface area contributed by atoms with Crippen molar-refractivity contribution in [3.8, 4) is 40.1 Å². The lowest BCUT2D eigenvalue weighted by Gasteiger charge is -2.17. The second-order valence-corrected chi connectivity index (χ2v) is 8.24. The highest BCUT2D eigenvalue weighted by molar-refractivity contribution is 9.10. The summed E-state index contributed by atoms with van der Waals surface area (Å²) < 4.78 is 6.70. The maximum Gasteiger partial charge on any atom is 0.142 e. The Balaban J connectivity index is 1.77. The summed E-state index contributed by atoms with van der Waals surface area (Å²) in [5, 5.41) is 19.2. The van der Waals surface area contributed by atoms with Crippen LogP contribution in [0.4, 0.5) is 5.82 Å². The summed E-state index contributed by atoms with van der Waals surface area (Å²) >= 11 is 3.60. The van der Waals surface area contributed by atoms with Crippen molar-refractivity contribution in [1.82, 2.24) is 4.98 Å². The van der Waals surface area contributed by atoms with Gasteiger partial charge in [0.15, 0.2) is 0 Å². The second kappa shape index (κ2) is 9.56. The molecule has 1 heterocycles. The maximum atomic E-state index is 9.87. The standard InChI is InChI=1S/C27H19BrN4O/c1-17-25(18-7-3-2-4-8-18)26(22(15-30)27(31)32-17)19-11-12-24(23(28)13-19)33-16-21-10-6-5-9-20(21)14-29/h2-13H,16H2,1H3,(H2,31,32). The molecule has 0 saturated carbocycles. The van der Waals surface area contributed by atoms with E-state index in [0.29, 0.717) is 16.9 Å². The molecular formula is C27H19BrN4O. The number of aryl methyl sites for hydroxylation is 1. The number of pyridine rings is 1. The number of anilines is 1. The molecule has 4 rings (SSSR count). The van der Waals surface area contributed by atoms with Crippen LogP contribution in [0.3, 0.4) is 0 Å². The molecule has 0 saturated heterocycles. The van der Waals surface area contributed by atoms with Gasteiger partial charge in [-0.1, -0.05) is 54.6 Å². The SMILES string of the molecule is Cc1nc(N)c(C#N)c(-c2ccc(OCc3ccccc3C#N)c(Br)c2)c1-c1ccccc1. The minimum atomic E-state index is 0.203. The van der Waals surface area contributed by atoms with E-state index in [-0.39, 0.29) is 12.4 Å². The zero-order chi connectivity index (χ0) is 23.4. The van der Waals surface area contributed by atoms with Crippen molar-refractivity contribution in [1.29, 1.82) is 10.5 Å². The van der Waals surface area contributed by atoms with Crippen LogP contribution in [0, 0.1) is 29.6 Å². The highest BCUT2D eigenvalue weighted by Crippen LogP contribution is 2.41. The highest BCUT2D eigenvalue weighted by Gasteiger charge is 2.20. The number of hydrogen-bond acceptors (Lipinski definition) is 5. The largest absolute Gasteiger partial charge is 0.488 e. The lowest BCUT2D eigenvalue weighted by atomic mass is 9.90. The molecule has 0 aliphatic carbocycles. The van der Waals surface area contributed by atoms with Crippen molar-refractivity contribution < 1.29 is 4.74 Å². The van der Waals surface area contributed by atoms with Crippen molar-refractivity contribution in [2.45, 2.75) is 13.5 Å². The summed E-state index contributed by atoms with van der Waals surface area (Å²) in [5.74, 6) is 0.833. The normalized spacial score (nSPS) is 10.3. The molecule has 0 aliphatic rings. The Morgan fingerprint density at radius 1 is 0.909 bits per heavy atom. The number of aromatic nitrogens is 1. The number of nitrogens with two attached hydrogens (primary N) is 1. The molecule has 0 atom stereocenters. The van der Waals surface area contributed by atoms with Gasteiger partial charge in [0.1, 0.15) is 29.8 Å². The quantitative estimate of drug-likeness (QED) is 0.346. The second-order valence-electron chi connectivity index (χ2n) is 7.39. The smallest absolute Gasteiger partial charge is 0.142 e. The molecule has 0 unspecified atom stereocenters. The summed E-state index contributed by atoms with van der Waals surface area (Å²) in [6.45, 7) is 2.16. The van der Waals surface area contributed by atoms with Gasteiger partial charge in [0.25, 0.3) is 0 Å². The molecule has 0 amide bonds. The summed E-state index contributed by atoms with van der Waals surface area (Å²) in [6.07, 6.45) is 0. The zero-order valence-electron chi connectivity index (χ0n) is 17.8. The van der Waals surface area contributed by atoms with Gasteiger partial charge in [-0.15, -0.1) is 0 Å². The molecular weight excluding hydrogens is 476 g/mol. The van der Waals surface area contributed by atoms with Crippen molar-refractivity contribution >= 4 is 21.7 Å². The Hall–Kier alpha value is -4.13. The molecule has 33 heavy (non-hydrogen) atoms. The molecule has 3 aromatic carbocycles. The molecule has 2 N–H and O–H groups in total. The number of rotatable bonds is 5. The third kappa shape index (κ3) is 4.43. The summed E-state index contributed by atoms with van der Waals surface area (Å²) in [5.41, 5.74) is 12.0. The number of halogens is 1. The first-order chi connectivity index (χ1) is 16.0. The monoisotopic (exact) mass is 494 g/mol. The molecule has 160 valence electrons. The van der Waals surface area contributed by atoms with E-state index in [1.807, 2.05) is 73.7 Å². The van der Waals surface area contributed by atoms with E-state index in [1.54, 1.807) is 6.07 Å². The molecule has 1 aromatic heterocycles. The van der Waals surface area contributed by atoms with Crippen molar-refractivity contribution in [3.05, 3.63) is 99.7 Å². The molecule has 0 spiro atoms. The van der Waals surface area contributed by atoms with Crippen molar-refractivity contribution in [2.75, 3.05) is 5.73 Å². The van der Waals surface area contributed by atoms with Crippen LogP contribution in [-0.2, 0) is 6.61 Å². The Bertz CT molecular complexity index is 1420. The Morgan fingerprint density at radius 2 is 1.64 bits per heavy atom. The Kier molecular flexibility index (Phi) is 6.40. The van der Waals surface area contributed by atoms with Crippen LogP contribution < -0.4 is 10.5 Å². The van der Waals surface area contributed by atoms with Gasteiger partial charge in [-0.25, -0.2) is 4.98 Å². The number of ether oxygens (including phenoxy) is 1. The molecule has 5 nitrogen and oxygen atoms in total. The third-order valence-corrected chi connectivity index (χ3v) is 5.94. The third-order valence-electron chi connectivity index (χ3n) is 5.32. The lowest BCUT2D eigenvalue weighted by Crippen LogP contribution is -2.03. The van der Waals surface area contributed by atoms with E-state index in [9.17, 15) is 10.5 Å². The van der Waals surface area contributed by atoms with E-state index >= 15 is 0 Å². The van der Waals surface area contributed by atoms with Crippen LogP contribution >= 0.6 is 15.9 Å². The first-order valence-corrected chi connectivity index (χ1v) is 11.0. The van der Waals surface area contributed by atoms with Gasteiger partial charge in [-0.2, -0.15) is 10.5 Å². The topological polar surface area (TPSA) is 95.7 Å². The van der Waals surface area contributed by atoms with Gasteiger partial charge < -0.3 is 10.5 Å². The first kappa shape index (κ1) is 22.1. The summed E-state index contributed by atoms with van der Waals surface area (Å²) in [6, 6.07) is 27.2. The van der Waals surface area contributed by atoms with Gasteiger partial charge in [0, 0.05) is 22.4 Å². The van der Waals surface area contributed by atoms with E-state index in [4.69, 9.17) is 10.5 Å². The predicted molar refractivity (Wildman–Crippen MR) is 132 cm³/mol. The summed E-state index contributed by atoms with van der Waals surface area (Å²) in [4.78, 5) is 4.42. The fourth-order valence-electron chi connectivity index (χ4n) is 3.77. The van der Waals surface area contributed by atoms with Crippen LogP contribution in [-0.4, -0.2) is 4.98 Å². The predicted octanol–water partition coefficient (Wildman–Crippen LogP) is 6.39. The van der Waals surface area contributed by atoms with Crippen molar-refractivity contribution in [2.24, 2.45) is 0 Å². The van der Waals surface area contributed by atoms with Gasteiger partial charge >= 0.3 is 0 Å². The minimum absolute atomic E-state index is 0.203. The summed E-state index contributed by atoms with van der Waals surface area (Å²) in [7, 11) is 0. The van der Waals surface area contributed by atoms with Gasteiger partial charge in [0.2, 0.25) is 0 Å².